The van der Waals surface area contributed by atoms with E-state index in [2.05, 4.69) is 11.9 Å². The van der Waals surface area contributed by atoms with Crippen LogP contribution in [0.1, 0.15) is 110 Å². The van der Waals surface area contributed by atoms with Crippen LogP contribution in [0.25, 0.3) is 0 Å². The lowest BCUT2D eigenvalue weighted by atomic mass is 10.0. The average molecular weight is 376 g/mol. The molecule has 2 N–H and O–H groups in total. The van der Waals surface area contributed by atoms with Gasteiger partial charge in [-0.3, -0.25) is 4.99 Å². The smallest absolute Gasteiger partial charge is 0.159 e. The molecule has 0 radical (unpaired) electrons. The Morgan fingerprint density at radius 3 is 1.63 bits per heavy atom. The van der Waals surface area contributed by atoms with Gasteiger partial charge in [0.2, 0.25) is 0 Å². The Labute approximate surface area is 166 Å². The molecule has 0 aliphatic heterocycles. The van der Waals surface area contributed by atoms with Gasteiger partial charge < -0.3 is 10.2 Å². The van der Waals surface area contributed by atoms with Crippen LogP contribution in [0.3, 0.4) is 0 Å². The van der Waals surface area contributed by atoms with Crippen molar-refractivity contribution in [2.45, 2.75) is 110 Å². The molecule has 0 amide bonds. The van der Waals surface area contributed by atoms with E-state index in [1.165, 1.54) is 108 Å². The molecule has 1 aromatic rings. The first-order chi connectivity index (χ1) is 13.2. The van der Waals surface area contributed by atoms with Gasteiger partial charge in [-0.05, 0) is 25.0 Å². The zero-order chi connectivity index (χ0) is 19.6. The Balaban J connectivity index is 1.82. The maximum Gasteiger partial charge on any atom is 0.159 e. The predicted octanol–water partition coefficient (Wildman–Crippen LogP) is 8.06. The first-order valence-electron chi connectivity index (χ1n) is 11.3. The Bertz CT molecular complexity index is 499. The second-order valence-corrected chi connectivity index (χ2v) is 7.72. The first-order valence-corrected chi connectivity index (χ1v) is 11.3. The van der Waals surface area contributed by atoms with Gasteiger partial charge in [-0.1, -0.05) is 96.8 Å². The third kappa shape index (κ3) is 13.3. The maximum atomic E-state index is 9.42. The summed E-state index contributed by atoms with van der Waals surface area (Å²) in [5.74, 6) is -0.215. The van der Waals surface area contributed by atoms with Crippen LogP contribution in [0.2, 0.25) is 0 Å². The quantitative estimate of drug-likeness (QED) is 0.164. The number of phenolic OH excluding ortho intramolecular Hbond substituents is 2. The van der Waals surface area contributed by atoms with Gasteiger partial charge >= 0.3 is 0 Å². The van der Waals surface area contributed by atoms with E-state index in [1.54, 1.807) is 6.07 Å². The predicted molar refractivity (Wildman–Crippen MR) is 117 cm³/mol. The van der Waals surface area contributed by atoms with Crippen molar-refractivity contribution in [2.24, 2.45) is 4.99 Å². The first kappa shape index (κ1) is 23.5. The summed E-state index contributed by atoms with van der Waals surface area (Å²) >= 11 is 0. The zero-order valence-corrected chi connectivity index (χ0v) is 17.5. The van der Waals surface area contributed by atoms with Crippen LogP contribution in [0, 0.1) is 0 Å². The summed E-state index contributed by atoms with van der Waals surface area (Å²) in [6, 6.07) is 4.66. The number of aromatic hydroxyl groups is 2. The molecule has 0 atom stereocenters. The molecular weight excluding hydrogens is 334 g/mol. The highest BCUT2D eigenvalue weighted by Crippen LogP contribution is 2.28. The number of unbranched alkanes of at least 4 members (excludes halogenated alkanes) is 15. The second-order valence-electron chi connectivity index (χ2n) is 7.72. The normalized spacial score (nSPS) is 11.4. The van der Waals surface area contributed by atoms with Gasteiger partial charge in [0, 0.05) is 12.3 Å². The van der Waals surface area contributed by atoms with Gasteiger partial charge in [0.15, 0.2) is 11.5 Å². The molecule has 0 fully saturated rings. The highest BCUT2D eigenvalue weighted by molar-refractivity contribution is 5.64. The van der Waals surface area contributed by atoms with Crippen LogP contribution in [0.5, 0.6) is 11.5 Å². The standard InChI is InChI=1S/C24H41NO2/c1-2-3-4-5-6-7-8-9-10-11-12-13-14-15-16-17-20-25-22-18-19-23(26)24(27)21-22/h18-21,26-27H,2-17H2,1H3. The van der Waals surface area contributed by atoms with Crippen molar-refractivity contribution in [3.63, 3.8) is 0 Å². The SMILES string of the molecule is CCCCCCCCCCCCCCCCCC=Nc1ccc(O)c(O)c1. The van der Waals surface area contributed by atoms with Gasteiger partial charge in [-0.25, -0.2) is 0 Å². The van der Waals surface area contributed by atoms with E-state index in [0.29, 0.717) is 5.69 Å². The molecule has 154 valence electrons. The molecule has 1 aromatic carbocycles. The topological polar surface area (TPSA) is 52.8 Å². The number of benzene rings is 1. The molecule has 0 spiro atoms. The summed E-state index contributed by atoms with van der Waals surface area (Å²) in [6.07, 6.45) is 23.6. The minimum absolute atomic E-state index is 0.101. The van der Waals surface area contributed by atoms with Crippen LogP contribution < -0.4 is 0 Å². The highest BCUT2D eigenvalue weighted by Gasteiger charge is 1.98. The van der Waals surface area contributed by atoms with Crippen molar-refractivity contribution in [1.29, 1.82) is 0 Å². The van der Waals surface area contributed by atoms with E-state index in [-0.39, 0.29) is 11.5 Å². The molecule has 27 heavy (non-hydrogen) atoms. The lowest BCUT2D eigenvalue weighted by Crippen LogP contribution is -1.84. The molecule has 0 aliphatic rings. The van der Waals surface area contributed by atoms with Crippen LogP contribution in [0.4, 0.5) is 5.69 Å². The second kappa shape index (κ2) is 16.6. The third-order valence-electron chi connectivity index (χ3n) is 5.14. The number of hydrogen-bond donors (Lipinski definition) is 2. The highest BCUT2D eigenvalue weighted by atomic mass is 16.3. The third-order valence-corrected chi connectivity index (χ3v) is 5.14. The summed E-state index contributed by atoms with van der Waals surface area (Å²) in [7, 11) is 0. The van der Waals surface area contributed by atoms with Crippen LogP contribution in [0.15, 0.2) is 23.2 Å². The molecule has 0 saturated carbocycles. The van der Waals surface area contributed by atoms with E-state index in [0.717, 1.165) is 6.42 Å². The number of aliphatic imine (C=N–C) groups is 1. The number of phenols is 2. The Kier molecular flexibility index (Phi) is 14.5. The van der Waals surface area contributed by atoms with E-state index >= 15 is 0 Å². The fourth-order valence-electron chi connectivity index (χ4n) is 3.37. The minimum atomic E-state index is -0.114. The molecular formula is C24H41NO2. The van der Waals surface area contributed by atoms with E-state index in [4.69, 9.17) is 0 Å². The Morgan fingerprint density at radius 1 is 0.667 bits per heavy atom. The monoisotopic (exact) mass is 375 g/mol. The molecule has 0 saturated heterocycles. The fraction of sp³-hybridized carbons (Fsp3) is 0.708. The van der Waals surface area contributed by atoms with Crippen molar-refractivity contribution >= 4 is 11.9 Å². The number of rotatable bonds is 17. The van der Waals surface area contributed by atoms with Crippen molar-refractivity contribution in [3.05, 3.63) is 18.2 Å². The summed E-state index contributed by atoms with van der Waals surface area (Å²) < 4.78 is 0. The molecule has 0 bridgehead atoms. The Hall–Kier alpha value is -1.51. The van der Waals surface area contributed by atoms with Crippen LogP contribution in [-0.4, -0.2) is 16.4 Å². The van der Waals surface area contributed by atoms with E-state index in [9.17, 15) is 10.2 Å². The van der Waals surface area contributed by atoms with Crippen molar-refractivity contribution in [2.75, 3.05) is 0 Å². The number of hydrogen-bond acceptors (Lipinski definition) is 3. The molecule has 3 heteroatoms. The van der Waals surface area contributed by atoms with Crippen molar-refractivity contribution in [1.82, 2.24) is 0 Å². The fourth-order valence-corrected chi connectivity index (χ4v) is 3.37. The largest absolute Gasteiger partial charge is 0.504 e. The van der Waals surface area contributed by atoms with Gasteiger partial charge in [-0.15, -0.1) is 0 Å². The summed E-state index contributed by atoms with van der Waals surface area (Å²) in [5, 5.41) is 18.7. The number of nitrogens with zero attached hydrogens (tertiary/aromatic N) is 1. The van der Waals surface area contributed by atoms with Gasteiger partial charge in [0.1, 0.15) is 0 Å². The van der Waals surface area contributed by atoms with E-state index in [1.807, 2.05) is 6.21 Å². The lowest BCUT2D eigenvalue weighted by molar-refractivity contribution is 0.404. The van der Waals surface area contributed by atoms with Crippen molar-refractivity contribution < 1.29 is 10.2 Å². The van der Waals surface area contributed by atoms with Gasteiger partial charge in [-0.2, -0.15) is 0 Å². The molecule has 0 heterocycles. The minimum Gasteiger partial charge on any atom is -0.504 e. The molecule has 0 aromatic heterocycles. The zero-order valence-electron chi connectivity index (χ0n) is 17.5. The van der Waals surface area contributed by atoms with Crippen molar-refractivity contribution in [3.8, 4) is 11.5 Å². The molecule has 3 nitrogen and oxygen atoms in total. The molecule has 0 unspecified atom stereocenters. The molecule has 0 aliphatic carbocycles. The summed E-state index contributed by atoms with van der Waals surface area (Å²) in [5.41, 5.74) is 0.686. The Morgan fingerprint density at radius 2 is 1.15 bits per heavy atom. The maximum absolute atomic E-state index is 9.42. The summed E-state index contributed by atoms with van der Waals surface area (Å²) in [4.78, 5) is 4.32. The van der Waals surface area contributed by atoms with Crippen LogP contribution >= 0.6 is 0 Å². The van der Waals surface area contributed by atoms with E-state index < -0.39 is 0 Å². The van der Waals surface area contributed by atoms with Gasteiger partial charge in [0.05, 0.1) is 5.69 Å². The molecule has 1 rings (SSSR count). The lowest BCUT2D eigenvalue weighted by Gasteiger charge is -2.03. The summed E-state index contributed by atoms with van der Waals surface area (Å²) in [6.45, 7) is 2.28. The van der Waals surface area contributed by atoms with Crippen LogP contribution in [-0.2, 0) is 0 Å². The average Bonchev–Trinajstić information content (AvgIpc) is 2.67. The van der Waals surface area contributed by atoms with Gasteiger partial charge in [0.25, 0.3) is 0 Å².